The van der Waals surface area contributed by atoms with E-state index in [2.05, 4.69) is 5.32 Å². The van der Waals surface area contributed by atoms with Gasteiger partial charge in [0, 0.05) is 44.6 Å². The van der Waals surface area contributed by atoms with E-state index in [-0.39, 0.29) is 36.9 Å². The first-order chi connectivity index (χ1) is 17.1. The Morgan fingerprint density at radius 3 is 2.42 bits per heavy atom. The number of ether oxygens (including phenoxy) is 1. The second-order valence-corrected chi connectivity index (χ2v) is 9.32. The maximum absolute atomic E-state index is 14.5. The van der Waals surface area contributed by atoms with Crippen LogP contribution in [-0.2, 0) is 19.9 Å². The lowest BCUT2D eigenvalue weighted by atomic mass is 9.62. The largest absolute Gasteiger partial charge is 0.430 e. The SMILES string of the molecule is COC(C(=O)N1CCC2(CC1)CC(=O)NC[C@H]2c1ccc(F)cc1)(c1cccc(C#N)c1)C(F)(F)F. The number of nitrogens with zero attached hydrogens (tertiary/aromatic N) is 2. The third kappa shape index (κ3) is 4.32. The van der Waals surface area contributed by atoms with Gasteiger partial charge in [0.2, 0.25) is 5.91 Å². The van der Waals surface area contributed by atoms with E-state index in [1.807, 2.05) is 0 Å². The van der Waals surface area contributed by atoms with Crippen LogP contribution in [0, 0.1) is 22.6 Å². The van der Waals surface area contributed by atoms with Gasteiger partial charge < -0.3 is 15.0 Å². The monoisotopic (exact) mass is 503 g/mol. The van der Waals surface area contributed by atoms with Crippen molar-refractivity contribution in [3.05, 3.63) is 71.0 Å². The third-order valence-electron chi connectivity index (χ3n) is 7.48. The van der Waals surface area contributed by atoms with Crippen LogP contribution in [0.5, 0.6) is 0 Å². The molecule has 2 aliphatic rings. The van der Waals surface area contributed by atoms with Crippen molar-refractivity contribution in [3.8, 4) is 6.07 Å². The van der Waals surface area contributed by atoms with Crippen molar-refractivity contribution >= 4 is 11.8 Å². The Hall–Kier alpha value is -3.45. The number of hydrogen-bond donors (Lipinski definition) is 1. The number of amides is 2. The Bertz CT molecular complexity index is 1180. The molecule has 10 heteroatoms. The molecule has 2 saturated heterocycles. The zero-order chi connectivity index (χ0) is 26.1. The van der Waals surface area contributed by atoms with E-state index in [4.69, 9.17) is 10.00 Å². The van der Waals surface area contributed by atoms with Gasteiger partial charge in [-0.15, -0.1) is 0 Å². The number of alkyl halides is 3. The zero-order valence-corrected chi connectivity index (χ0v) is 19.6. The number of carbonyl (C=O) groups is 2. The number of nitrogens with one attached hydrogen (secondary N) is 1. The second-order valence-electron chi connectivity index (χ2n) is 9.32. The van der Waals surface area contributed by atoms with E-state index in [1.54, 1.807) is 18.2 Å². The van der Waals surface area contributed by atoms with E-state index in [9.17, 15) is 27.2 Å². The van der Waals surface area contributed by atoms with Crippen LogP contribution in [0.1, 0.15) is 41.9 Å². The Balaban J connectivity index is 1.64. The highest BCUT2D eigenvalue weighted by molar-refractivity contribution is 5.88. The van der Waals surface area contributed by atoms with Gasteiger partial charge in [-0.2, -0.15) is 18.4 Å². The van der Waals surface area contributed by atoms with Crippen molar-refractivity contribution in [1.82, 2.24) is 10.2 Å². The second kappa shape index (κ2) is 9.54. The first kappa shape index (κ1) is 25.6. The summed E-state index contributed by atoms with van der Waals surface area (Å²) < 4.78 is 61.9. The predicted octanol–water partition coefficient (Wildman–Crippen LogP) is 4.01. The molecule has 2 aromatic rings. The van der Waals surface area contributed by atoms with Crippen LogP contribution >= 0.6 is 0 Å². The maximum atomic E-state index is 14.5. The summed E-state index contributed by atoms with van der Waals surface area (Å²) >= 11 is 0. The number of methoxy groups -OCH3 is 1. The molecule has 2 atom stereocenters. The molecule has 0 radical (unpaired) electrons. The molecule has 0 bridgehead atoms. The van der Waals surface area contributed by atoms with Crippen LogP contribution in [0.3, 0.4) is 0 Å². The van der Waals surface area contributed by atoms with Crippen molar-refractivity contribution in [2.45, 2.75) is 37.0 Å². The van der Waals surface area contributed by atoms with Crippen molar-refractivity contribution in [3.63, 3.8) is 0 Å². The molecule has 0 aliphatic carbocycles. The van der Waals surface area contributed by atoms with Crippen LogP contribution in [0.2, 0.25) is 0 Å². The molecule has 2 fully saturated rings. The summed E-state index contributed by atoms with van der Waals surface area (Å²) in [4.78, 5) is 26.9. The number of halogens is 4. The van der Waals surface area contributed by atoms with Crippen molar-refractivity contribution in [1.29, 1.82) is 5.26 Å². The molecule has 4 rings (SSSR count). The fraction of sp³-hybridized carbons (Fsp3) is 0.423. The number of carbonyl (C=O) groups excluding carboxylic acids is 2. The van der Waals surface area contributed by atoms with Gasteiger partial charge in [-0.1, -0.05) is 24.3 Å². The highest BCUT2D eigenvalue weighted by atomic mass is 19.4. The topological polar surface area (TPSA) is 82.4 Å². The number of likely N-dealkylation sites (tertiary alicyclic amines) is 1. The number of nitriles is 1. The molecule has 2 heterocycles. The molecule has 190 valence electrons. The van der Waals surface area contributed by atoms with Crippen molar-refractivity contribution in [2.75, 3.05) is 26.7 Å². The van der Waals surface area contributed by atoms with E-state index >= 15 is 0 Å². The number of benzene rings is 2. The summed E-state index contributed by atoms with van der Waals surface area (Å²) in [6.07, 6.45) is -4.34. The lowest BCUT2D eigenvalue weighted by molar-refractivity contribution is -0.271. The fourth-order valence-corrected chi connectivity index (χ4v) is 5.54. The minimum absolute atomic E-state index is 0.0110. The maximum Gasteiger partial charge on any atom is 0.430 e. The van der Waals surface area contributed by atoms with Crippen LogP contribution in [0.4, 0.5) is 17.6 Å². The molecule has 1 unspecified atom stereocenters. The number of piperidine rings is 2. The van der Waals surface area contributed by atoms with E-state index in [0.29, 0.717) is 19.4 Å². The molecule has 2 aromatic carbocycles. The lowest BCUT2D eigenvalue weighted by Crippen LogP contribution is -2.60. The van der Waals surface area contributed by atoms with Gasteiger partial charge in [0.1, 0.15) is 5.82 Å². The average molecular weight is 503 g/mol. The third-order valence-corrected chi connectivity index (χ3v) is 7.48. The number of hydrogen-bond acceptors (Lipinski definition) is 4. The van der Waals surface area contributed by atoms with E-state index in [0.717, 1.165) is 29.7 Å². The van der Waals surface area contributed by atoms with Gasteiger partial charge in [0.05, 0.1) is 11.6 Å². The lowest BCUT2D eigenvalue weighted by Gasteiger charge is -2.50. The molecule has 0 saturated carbocycles. The van der Waals surface area contributed by atoms with Gasteiger partial charge in [0.25, 0.3) is 11.5 Å². The summed E-state index contributed by atoms with van der Waals surface area (Å²) in [7, 11) is 0.825. The summed E-state index contributed by atoms with van der Waals surface area (Å²) in [6, 6.07) is 12.5. The summed E-state index contributed by atoms with van der Waals surface area (Å²) in [5.74, 6) is -1.99. The Morgan fingerprint density at radius 2 is 1.83 bits per heavy atom. The standard InChI is InChI=1S/C26H25F4N3O3/c1-36-25(26(28,29)30,19-4-2-3-17(13-19)15-31)23(35)33-11-9-24(10-12-33)14-22(34)32-16-21(24)18-5-7-20(27)8-6-18/h2-8,13,21H,9-12,14,16H2,1H3,(H,32,34)/t21-,25?/m0/s1. The fourth-order valence-electron chi connectivity index (χ4n) is 5.54. The summed E-state index contributed by atoms with van der Waals surface area (Å²) in [6.45, 7) is 0.301. The summed E-state index contributed by atoms with van der Waals surface area (Å²) in [5, 5.41) is 12.0. The van der Waals surface area contributed by atoms with Crippen molar-refractivity contribution < 1.29 is 31.9 Å². The summed E-state index contributed by atoms with van der Waals surface area (Å²) in [5.41, 5.74) is -3.52. The van der Waals surface area contributed by atoms with Gasteiger partial charge in [-0.3, -0.25) is 9.59 Å². The predicted molar refractivity (Wildman–Crippen MR) is 121 cm³/mol. The Labute approximate surface area is 205 Å². The average Bonchev–Trinajstić information content (AvgIpc) is 2.85. The molecule has 1 N–H and O–H groups in total. The van der Waals surface area contributed by atoms with Crippen LogP contribution in [-0.4, -0.2) is 49.6 Å². The quantitative estimate of drug-likeness (QED) is 0.640. The van der Waals surface area contributed by atoms with Crippen molar-refractivity contribution in [2.24, 2.45) is 5.41 Å². The van der Waals surface area contributed by atoms with E-state index in [1.165, 1.54) is 24.3 Å². The minimum atomic E-state index is -5.09. The molecule has 2 amide bonds. The van der Waals surface area contributed by atoms with Crippen LogP contribution < -0.4 is 5.32 Å². The van der Waals surface area contributed by atoms with Gasteiger partial charge >= 0.3 is 6.18 Å². The highest BCUT2D eigenvalue weighted by Crippen LogP contribution is 2.50. The Kier molecular flexibility index (Phi) is 6.80. The first-order valence-corrected chi connectivity index (χ1v) is 11.5. The highest BCUT2D eigenvalue weighted by Gasteiger charge is 2.64. The van der Waals surface area contributed by atoms with Gasteiger partial charge in [-0.25, -0.2) is 4.39 Å². The molecule has 1 spiro atoms. The molecule has 0 aromatic heterocycles. The van der Waals surface area contributed by atoms with Crippen LogP contribution in [0.15, 0.2) is 48.5 Å². The first-order valence-electron chi connectivity index (χ1n) is 11.5. The zero-order valence-electron chi connectivity index (χ0n) is 19.6. The number of rotatable bonds is 4. The normalized spacial score (nSPS) is 21.4. The minimum Gasteiger partial charge on any atom is -0.356 e. The smallest absolute Gasteiger partial charge is 0.356 e. The molecule has 6 nitrogen and oxygen atoms in total. The Morgan fingerprint density at radius 1 is 1.17 bits per heavy atom. The molecule has 36 heavy (non-hydrogen) atoms. The van der Waals surface area contributed by atoms with Crippen LogP contribution in [0.25, 0.3) is 0 Å². The van der Waals surface area contributed by atoms with Gasteiger partial charge in [-0.05, 0) is 48.1 Å². The molecular formula is C26H25F4N3O3. The van der Waals surface area contributed by atoms with E-state index < -0.39 is 34.5 Å². The molecular weight excluding hydrogens is 478 g/mol. The van der Waals surface area contributed by atoms with Gasteiger partial charge in [0.15, 0.2) is 0 Å². The molecule has 2 aliphatic heterocycles.